The number of nitrogens with zero attached hydrogens (tertiary/aromatic N) is 6. The minimum absolute atomic E-state index is 0.0403. The Morgan fingerprint density at radius 2 is 1.88 bits per heavy atom. The van der Waals surface area contributed by atoms with Gasteiger partial charge >= 0.3 is 0 Å². The molecule has 170 valence electrons. The van der Waals surface area contributed by atoms with Crippen LogP contribution < -0.4 is 0 Å². The van der Waals surface area contributed by atoms with Crippen molar-refractivity contribution in [3.05, 3.63) is 83.7 Å². The number of thioether (sulfide) groups is 1. The highest BCUT2D eigenvalue weighted by Gasteiger charge is 2.17. The predicted molar refractivity (Wildman–Crippen MR) is 131 cm³/mol. The van der Waals surface area contributed by atoms with Crippen LogP contribution in [0.4, 0.5) is 0 Å². The molecule has 0 fully saturated rings. The number of aromatic nitrogens is 5. The zero-order chi connectivity index (χ0) is 23.2. The molecule has 0 N–H and O–H groups in total. The van der Waals surface area contributed by atoms with E-state index in [2.05, 4.69) is 58.0 Å². The van der Waals surface area contributed by atoms with Crippen molar-refractivity contribution in [3.63, 3.8) is 0 Å². The number of benzene rings is 2. The Hall–Kier alpha value is -3.39. The molecule has 7 nitrogen and oxygen atoms in total. The summed E-state index contributed by atoms with van der Waals surface area (Å²) >= 11 is 1.42. The molecule has 0 aliphatic heterocycles. The molecule has 4 aromatic rings. The van der Waals surface area contributed by atoms with Crippen LogP contribution in [0, 0.1) is 6.92 Å². The molecule has 8 heteroatoms. The molecule has 33 heavy (non-hydrogen) atoms. The lowest BCUT2D eigenvalue weighted by Crippen LogP contribution is -2.27. The maximum Gasteiger partial charge on any atom is 0.233 e. The lowest BCUT2D eigenvalue weighted by Gasteiger charge is -2.16. The van der Waals surface area contributed by atoms with Gasteiger partial charge in [-0.15, -0.1) is 10.2 Å². The van der Waals surface area contributed by atoms with Gasteiger partial charge in [-0.05, 0) is 25.5 Å². The van der Waals surface area contributed by atoms with Crippen molar-refractivity contribution >= 4 is 17.7 Å². The van der Waals surface area contributed by atoms with Crippen LogP contribution in [0.5, 0.6) is 0 Å². The van der Waals surface area contributed by atoms with E-state index in [9.17, 15) is 4.79 Å². The van der Waals surface area contributed by atoms with Gasteiger partial charge in [-0.3, -0.25) is 9.48 Å². The molecule has 0 spiro atoms. The van der Waals surface area contributed by atoms with Gasteiger partial charge in [0, 0.05) is 37.5 Å². The third-order valence-electron chi connectivity index (χ3n) is 5.35. The van der Waals surface area contributed by atoms with E-state index in [0.29, 0.717) is 18.8 Å². The Kier molecular flexibility index (Phi) is 7.24. The summed E-state index contributed by atoms with van der Waals surface area (Å²) in [5, 5.41) is 13.9. The second-order valence-corrected chi connectivity index (χ2v) is 8.93. The zero-order valence-electron chi connectivity index (χ0n) is 19.2. The van der Waals surface area contributed by atoms with E-state index in [0.717, 1.165) is 28.7 Å². The molecule has 0 atom stereocenters. The highest BCUT2D eigenvalue weighted by Crippen LogP contribution is 2.24. The number of hydrogen-bond donors (Lipinski definition) is 0. The van der Waals surface area contributed by atoms with Crippen molar-refractivity contribution in [2.75, 3.05) is 12.8 Å². The molecule has 2 aromatic heterocycles. The molecule has 0 bridgehead atoms. The first-order valence-corrected chi connectivity index (χ1v) is 11.9. The van der Waals surface area contributed by atoms with Gasteiger partial charge in [-0.1, -0.05) is 65.9 Å². The Balaban J connectivity index is 1.34. The van der Waals surface area contributed by atoms with Crippen molar-refractivity contribution < 1.29 is 4.79 Å². The summed E-state index contributed by atoms with van der Waals surface area (Å²) < 4.78 is 3.95. The maximum absolute atomic E-state index is 12.8. The zero-order valence-corrected chi connectivity index (χ0v) is 20.0. The third kappa shape index (κ3) is 5.70. The van der Waals surface area contributed by atoms with Crippen molar-refractivity contribution in [2.24, 2.45) is 0 Å². The topological polar surface area (TPSA) is 68.8 Å². The number of aryl methyl sites for hydroxylation is 1. The molecular formula is C25H28N6OS. The lowest BCUT2D eigenvalue weighted by atomic mass is 10.1. The van der Waals surface area contributed by atoms with E-state index in [-0.39, 0.29) is 5.91 Å². The number of carbonyl (C=O) groups is 1. The van der Waals surface area contributed by atoms with Gasteiger partial charge in [0.15, 0.2) is 11.0 Å². The number of rotatable bonds is 9. The van der Waals surface area contributed by atoms with Crippen molar-refractivity contribution in [1.29, 1.82) is 0 Å². The molecule has 0 unspecified atom stereocenters. The van der Waals surface area contributed by atoms with Crippen LogP contribution in [0.2, 0.25) is 0 Å². The standard InChI is InChI=1S/C25H28N6OS/c1-4-31-24(22-12-8-9-19(2)13-22)27-28-25(31)33-18-23(32)29(3)15-21-14-26-30(17-21)16-20-10-6-5-7-11-20/h5-14,17H,4,15-16,18H2,1-3H3. The van der Waals surface area contributed by atoms with Crippen molar-refractivity contribution in [2.45, 2.75) is 38.6 Å². The lowest BCUT2D eigenvalue weighted by molar-refractivity contribution is -0.127. The van der Waals surface area contributed by atoms with E-state index in [1.54, 1.807) is 4.90 Å². The van der Waals surface area contributed by atoms with E-state index >= 15 is 0 Å². The Morgan fingerprint density at radius 3 is 2.64 bits per heavy atom. The summed E-state index contributed by atoms with van der Waals surface area (Å²) in [6, 6.07) is 18.4. The molecule has 1 amide bonds. The fourth-order valence-corrected chi connectivity index (χ4v) is 4.56. The van der Waals surface area contributed by atoms with Gasteiger partial charge in [-0.2, -0.15) is 5.10 Å². The average Bonchev–Trinajstić information content (AvgIpc) is 3.44. The largest absolute Gasteiger partial charge is 0.341 e. The summed E-state index contributed by atoms with van der Waals surface area (Å²) in [5.41, 5.74) is 4.41. The Bertz CT molecular complexity index is 1220. The maximum atomic E-state index is 12.8. The second-order valence-electron chi connectivity index (χ2n) is 7.99. The van der Waals surface area contributed by atoms with Gasteiger partial charge in [0.05, 0.1) is 18.5 Å². The molecule has 0 saturated carbocycles. The van der Waals surface area contributed by atoms with E-state index in [1.807, 2.05) is 54.5 Å². The van der Waals surface area contributed by atoms with E-state index < -0.39 is 0 Å². The first-order chi connectivity index (χ1) is 16.0. The Labute approximate surface area is 198 Å². The number of hydrogen-bond acceptors (Lipinski definition) is 5. The van der Waals surface area contributed by atoms with Crippen LogP contribution in [0.3, 0.4) is 0 Å². The number of amides is 1. The van der Waals surface area contributed by atoms with Gasteiger partial charge in [-0.25, -0.2) is 0 Å². The third-order valence-corrected chi connectivity index (χ3v) is 6.31. The fourth-order valence-electron chi connectivity index (χ4n) is 3.62. The van der Waals surface area contributed by atoms with Gasteiger partial charge in [0.1, 0.15) is 0 Å². The normalized spacial score (nSPS) is 11.0. The van der Waals surface area contributed by atoms with Crippen LogP contribution in [0.25, 0.3) is 11.4 Å². The summed E-state index contributed by atoms with van der Waals surface area (Å²) in [6.07, 6.45) is 3.81. The molecule has 0 aliphatic rings. The summed E-state index contributed by atoms with van der Waals surface area (Å²) in [7, 11) is 1.82. The molecule has 2 aromatic carbocycles. The van der Waals surface area contributed by atoms with Gasteiger partial charge < -0.3 is 9.47 Å². The number of carbonyl (C=O) groups excluding carboxylic acids is 1. The van der Waals surface area contributed by atoms with Crippen molar-refractivity contribution in [1.82, 2.24) is 29.4 Å². The highest BCUT2D eigenvalue weighted by molar-refractivity contribution is 7.99. The monoisotopic (exact) mass is 460 g/mol. The average molecular weight is 461 g/mol. The first-order valence-electron chi connectivity index (χ1n) is 11.0. The van der Waals surface area contributed by atoms with Crippen LogP contribution in [0.1, 0.15) is 23.6 Å². The summed E-state index contributed by atoms with van der Waals surface area (Å²) in [6.45, 7) is 6.09. The minimum Gasteiger partial charge on any atom is -0.341 e. The van der Waals surface area contributed by atoms with Crippen LogP contribution in [-0.2, 0) is 24.4 Å². The van der Waals surface area contributed by atoms with Crippen LogP contribution >= 0.6 is 11.8 Å². The summed E-state index contributed by atoms with van der Waals surface area (Å²) in [4.78, 5) is 14.5. The molecule has 0 aliphatic carbocycles. The van der Waals surface area contributed by atoms with Crippen LogP contribution in [-0.4, -0.2) is 48.2 Å². The molecular weight excluding hydrogens is 432 g/mol. The van der Waals surface area contributed by atoms with Gasteiger partial charge in [0.25, 0.3) is 0 Å². The highest BCUT2D eigenvalue weighted by atomic mass is 32.2. The molecule has 4 rings (SSSR count). The molecule has 0 radical (unpaired) electrons. The quantitative estimate of drug-likeness (QED) is 0.349. The predicted octanol–water partition coefficient (Wildman–Crippen LogP) is 4.27. The molecule has 2 heterocycles. The smallest absolute Gasteiger partial charge is 0.233 e. The van der Waals surface area contributed by atoms with Gasteiger partial charge in [0.2, 0.25) is 5.91 Å². The fraction of sp³-hybridized carbons (Fsp3) is 0.280. The van der Waals surface area contributed by atoms with E-state index in [4.69, 9.17) is 0 Å². The van der Waals surface area contributed by atoms with E-state index in [1.165, 1.54) is 22.9 Å². The minimum atomic E-state index is 0.0403. The van der Waals surface area contributed by atoms with Crippen molar-refractivity contribution in [3.8, 4) is 11.4 Å². The Morgan fingerprint density at radius 1 is 1.06 bits per heavy atom. The SMILES string of the molecule is CCn1c(SCC(=O)N(C)Cc2cnn(Cc3ccccc3)c2)nnc1-c1cccc(C)c1. The second kappa shape index (κ2) is 10.5. The molecule has 0 saturated heterocycles. The first kappa shape index (κ1) is 22.8. The van der Waals surface area contributed by atoms with Crippen LogP contribution in [0.15, 0.2) is 72.1 Å². The summed E-state index contributed by atoms with van der Waals surface area (Å²) in [5.74, 6) is 1.18.